The molecule has 0 radical (unpaired) electrons. The van der Waals surface area contributed by atoms with E-state index < -0.39 is 0 Å². The molecule has 0 bridgehead atoms. The zero-order valence-electron chi connectivity index (χ0n) is 11.0. The summed E-state index contributed by atoms with van der Waals surface area (Å²) in [5, 5.41) is 0. The van der Waals surface area contributed by atoms with E-state index in [1.807, 2.05) is 25.1 Å². The van der Waals surface area contributed by atoms with Crippen molar-refractivity contribution in [2.75, 3.05) is 18.0 Å². The highest BCUT2D eigenvalue weighted by molar-refractivity contribution is 5.55. The maximum atomic E-state index is 10.7. The van der Waals surface area contributed by atoms with Crippen LogP contribution in [0.4, 0.5) is 5.69 Å². The van der Waals surface area contributed by atoms with Gasteiger partial charge in [0.15, 0.2) is 0 Å². The molecule has 0 aromatic heterocycles. The Kier molecular flexibility index (Phi) is 5.92. The van der Waals surface area contributed by atoms with Crippen LogP contribution in [-0.4, -0.2) is 19.4 Å². The molecular formula is C16H21NO. The number of rotatable bonds is 8. The van der Waals surface area contributed by atoms with Gasteiger partial charge in [-0.2, -0.15) is 0 Å². The molecule has 2 heteroatoms. The summed E-state index contributed by atoms with van der Waals surface area (Å²) in [6.45, 7) is 11.1. The van der Waals surface area contributed by atoms with E-state index in [0.717, 1.165) is 31.5 Å². The third-order valence-corrected chi connectivity index (χ3v) is 2.76. The lowest BCUT2D eigenvalue weighted by Crippen LogP contribution is -2.23. The Morgan fingerprint density at radius 3 is 2.50 bits per heavy atom. The maximum absolute atomic E-state index is 10.7. The Morgan fingerprint density at radius 1 is 1.28 bits per heavy atom. The van der Waals surface area contributed by atoms with E-state index in [0.29, 0.717) is 0 Å². The van der Waals surface area contributed by atoms with E-state index in [-0.39, 0.29) is 5.92 Å². The molecule has 1 aromatic rings. The molecule has 0 aliphatic carbocycles. The first-order valence-electron chi connectivity index (χ1n) is 6.22. The van der Waals surface area contributed by atoms with E-state index in [1.54, 1.807) is 0 Å². The van der Waals surface area contributed by atoms with Gasteiger partial charge in [-0.15, -0.1) is 13.2 Å². The van der Waals surface area contributed by atoms with Crippen LogP contribution in [0.25, 0.3) is 0 Å². The summed E-state index contributed by atoms with van der Waals surface area (Å²) in [4.78, 5) is 12.9. The second kappa shape index (κ2) is 7.49. The fourth-order valence-electron chi connectivity index (χ4n) is 1.90. The van der Waals surface area contributed by atoms with Crippen LogP contribution in [0.3, 0.4) is 0 Å². The van der Waals surface area contributed by atoms with Gasteiger partial charge in [0, 0.05) is 24.7 Å². The largest absolute Gasteiger partial charge is 0.364 e. The number of aldehydes is 1. The monoisotopic (exact) mass is 243 g/mol. The van der Waals surface area contributed by atoms with Gasteiger partial charge in [-0.1, -0.05) is 31.2 Å². The zero-order valence-corrected chi connectivity index (χ0v) is 11.0. The predicted octanol–water partition coefficient (Wildman–Crippen LogP) is 3.24. The van der Waals surface area contributed by atoms with Crippen molar-refractivity contribution in [1.82, 2.24) is 0 Å². The van der Waals surface area contributed by atoms with E-state index >= 15 is 0 Å². The first-order valence-corrected chi connectivity index (χ1v) is 6.22. The summed E-state index contributed by atoms with van der Waals surface area (Å²) in [5.41, 5.74) is 2.33. The molecule has 0 amide bonds. The van der Waals surface area contributed by atoms with Crippen LogP contribution in [0, 0.1) is 5.92 Å². The minimum atomic E-state index is 0.0625. The lowest BCUT2D eigenvalue weighted by molar-refractivity contribution is -0.110. The smallest absolute Gasteiger partial charge is 0.123 e. The van der Waals surface area contributed by atoms with Gasteiger partial charge in [-0.05, 0) is 24.1 Å². The molecule has 0 heterocycles. The quantitative estimate of drug-likeness (QED) is 0.516. The van der Waals surface area contributed by atoms with E-state index in [2.05, 4.69) is 36.3 Å². The molecule has 0 N–H and O–H groups in total. The van der Waals surface area contributed by atoms with E-state index in [9.17, 15) is 4.79 Å². The average molecular weight is 243 g/mol. The highest BCUT2D eigenvalue weighted by atomic mass is 16.1. The van der Waals surface area contributed by atoms with Gasteiger partial charge < -0.3 is 9.69 Å². The van der Waals surface area contributed by atoms with Gasteiger partial charge >= 0.3 is 0 Å². The van der Waals surface area contributed by atoms with Crippen LogP contribution >= 0.6 is 0 Å². The molecule has 0 saturated heterocycles. The van der Waals surface area contributed by atoms with Crippen LogP contribution in [0.15, 0.2) is 49.6 Å². The Bertz CT molecular complexity index is 401. The lowest BCUT2D eigenvalue weighted by Gasteiger charge is -2.22. The second-order valence-electron chi connectivity index (χ2n) is 4.47. The number of anilines is 1. The summed E-state index contributed by atoms with van der Waals surface area (Å²) < 4.78 is 0. The molecule has 1 unspecified atom stereocenters. The fourth-order valence-corrected chi connectivity index (χ4v) is 1.90. The van der Waals surface area contributed by atoms with Crippen LogP contribution in [0.5, 0.6) is 0 Å². The number of carbonyl (C=O) groups excluding carboxylic acids is 1. The zero-order chi connectivity index (χ0) is 13.4. The standard InChI is InChI=1S/C16H21NO/c1-4-9-17(10-5-2)16-8-6-7-15(12-16)11-14(3)13-18/h4-8,12-14H,1-2,9-11H2,3H3. The molecule has 18 heavy (non-hydrogen) atoms. The predicted molar refractivity (Wildman–Crippen MR) is 78.0 cm³/mol. The van der Waals surface area contributed by atoms with Crippen molar-refractivity contribution in [3.05, 3.63) is 55.1 Å². The molecule has 96 valence electrons. The van der Waals surface area contributed by atoms with Gasteiger partial charge in [-0.25, -0.2) is 0 Å². The Hall–Kier alpha value is -1.83. The minimum absolute atomic E-state index is 0.0625. The van der Waals surface area contributed by atoms with Crippen molar-refractivity contribution >= 4 is 12.0 Å². The summed E-state index contributed by atoms with van der Waals surface area (Å²) in [5.74, 6) is 0.0625. The molecule has 0 fully saturated rings. The molecule has 1 rings (SSSR count). The summed E-state index contributed by atoms with van der Waals surface area (Å²) >= 11 is 0. The highest BCUT2D eigenvalue weighted by Gasteiger charge is 2.06. The van der Waals surface area contributed by atoms with Gasteiger partial charge in [-0.3, -0.25) is 0 Å². The minimum Gasteiger partial charge on any atom is -0.364 e. The van der Waals surface area contributed by atoms with Crippen molar-refractivity contribution in [3.63, 3.8) is 0 Å². The molecule has 1 atom stereocenters. The highest BCUT2D eigenvalue weighted by Crippen LogP contribution is 2.18. The lowest BCUT2D eigenvalue weighted by atomic mass is 10.0. The average Bonchev–Trinajstić information content (AvgIpc) is 2.38. The van der Waals surface area contributed by atoms with Crippen LogP contribution in [0.2, 0.25) is 0 Å². The second-order valence-corrected chi connectivity index (χ2v) is 4.47. The summed E-state index contributed by atoms with van der Waals surface area (Å²) in [6, 6.07) is 8.29. The van der Waals surface area contributed by atoms with Gasteiger partial charge in [0.25, 0.3) is 0 Å². The first kappa shape index (κ1) is 14.2. The van der Waals surface area contributed by atoms with Gasteiger partial charge in [0.05, 0.1) is 0 Å². The first-order chi connectivity index (χ1) is 8.71. The van der Waals surface area contributed by atoms with Crippen molar-refractivity contribution in [1.29, 1.82) is 0 Å². The SMILES string of the molecule is C=CCN(CC=C)c1cccc(CC(C)C=O)c1. The number of hydrogen-bond donors (Lipinski definition) is 0. The number of hydrogen-bond acceptors (Lipinski definition) is 2. The van der Waals surface area contributed by atoms with Crippen molar-refractivity contribution in [2.24, 2.45) is 5.92 Å². The van der Waals surface area contributed by atoms with E-state index in [4.69, 9.17) is 0 Å². The fraction of sp³-hybridized carbons (Fsp3) is 0.312. The molecule has 1 aromatic carbocycles. The Balaban J connectivity index is 2.87. The number of nitrogens with zero attached hydrogens (tertiary/aromatic N) is 1. The molecule has 0 aliphatic rings. The van der Waals surface area contributed by atoms with Gasteiger partial charge in [0.2, 0.25) is 0 Å². The summed E-state index contributed by atoms with van der Waals surface area (Å²) in [7, 11) is 0. The molecule has 0 aliphatic heterocycles. The molecule has 0 saturated carbocycles. The van der Waals surface area contributed by atoms with Gasteiger partial charge in [0.1, 0.15) is 6.29 Å². The van der Waals surface area contributed by atoms with Crippen LogP contribution in [0.1, 0.15) is 12.5 Å². The molecular weight excluding hydrogens is 222 g/mol. The Labute approximate surface area is 110 Å². The van der Waals surface area contributed by atoms with Crippen molar-refractivity contribution < 1.29 is 4.79 Å². The third kappa shape index (κ3) is 4.21. The Morgan fingerprint density at radius 2 is 1.94 bits per heavy atom. The number of carbonyl (C=O) groups is 1. The normalized spacial score (nSPS) is 11.6. The van der Waals surface area contributed by atoms with Crippen LogP contribution < -0.4 is 4.90 Å². The molecule has 2 nitrogen and oxygen atoms in total. The summed E-state index contributed by atoms with van der Waals surface area (Å²) in [6.07, 6.45) is 5.54. The van der Waals surface area contributed by atoms with Crippen LogP contribution in [-0.2, 0) is 11.2 Å². The van der Waals surface area contributed by atoms with Crippen molar-refractivity contribution in [2.45, 2.75) is 13.3 Å². The third-order valence-electron chi connectivity index (χ3n) is 2.76. The molecule has 0 spiro atoms. The number of benzene rings is 1. The van der Waals surface area contributed by atoms with E-state index in [1.165, 1.54) is 5.56 Å². The maximum Gasteiger partial charge on any atom is 0.123 e. The van der Waals surface area contributed by atoms with Crippen molar-refractivity contribution in [3.8, 4) is 0 Å². The topological polar surface area (TPSA) is 20.3 Å².